The van der Waals surface area contributed by atoms with Gasteiger partial charge in [0, 0.05) is 11.5 Å². The van der Waals surface area contributed by atoms with Crippen molar-refractivity contribution in [3.63, 3.8) is 0 Å². The van der Waals surface area contributed by atoms with Crippen molar-refractivity contribution in [2.75, 3.05) is 0 Å². The van der Waals surface area contributed by atoms with Crippen LogP contribution < -0.4 is 5.32 Å². The molecule has 6 heteroatoms. The lowest BCUT2D eigenvalue weighted by Gasteiger charge is -2.39. The predicted molar refractivity (Wildman–Crippen MR) is 136 cm³/mol. The molecule has 0 aliphatic carbocycles. The van der Waals surface area contributed by atoms with Crippen LogP contribution in [0, 0.1) is 5.41 Å². The number of amides is 1. The fourth-order valence-electron chi connectivity index (χ4n) is 2.77. The lowest BCUT2D eigenvalue weighted by atomic mass is 9.83. The maximum atomic E-state index is 12.8. The summed E-state index contributed by atoms with van der Waals surface area (Å²) in [5.74, 6) is -0.245. The average Bonchev–Trinajstić information content (AvgIpc) is 2.58. The molecule has 0 radical (unpaired) electrons. The first-order valence-electron chi connectivity index (χ1n) is 11.1. The summed E-state index contributed by atoms with van der Waals surface area (Å²) in [6.07, 6.45) is 10.8. The van der Waals surface area contributed by atoms with Crippen LogP contribution >= 0.6 is 11.6 Å². The van der Waals surface area contributed by atoms with Gasteiger partial charge in [0.05, 0.1) is 12.1 Å². The van der Waals surface area contributed by atoms with Crippen molar-refractivity contribution in [2.45, 2.75) is 105 Å². The number of ketones is 1. The molecule has 1 N–H and O–H groups in total. The Hall–Kier alpha value is -1.17. The van der Waals surface area contributed by atoms with Crippen molar-refractivity contribution in [3.8, 4) is 0 Å². The number of nitrogens with one attached hydrogen (secondary N) is 1. The topological polar surface area (TPSA) is 55.4 Å². The lowest BCUT2D eigenvalue weighted by Crippen LogP contribution is -2.48. The van der Waals surface area contributed by atoms with Crippen LogP contribution in [-0.2, 0) is 14.0 Å². The van der Waals surface area contributed by atoms with E-state index in [2.05, 4.69) is 39.2 Å². The number of hydrogen-bond donors (Lipinski definition) is 1. The van der Waals surface area contributed by atoms with Gasteiger partial charge in [0.15, 0.2) is 14.1 Å². The number of rotatable bonds is 11. The van der Waals surface area contributed by atoms with Gasteiger partial charge in [0.2, 0.25) is 5.91 Å². The minimum atomic E-state index is -1.92. The molecule has 31 heavy (non-hydrogen) atoms. The van der Waals surface area contributed by atoms with E-state index in [0.29, 0.717) is 6.42 Å². The first-order valence-corrected chi connectivity index (χ1v) is 14.4. The molecule has 0 bridgehead atoms. The van der Waals surface area contributed by atoms with Crippen LogP contribution in [0.1, 0.15) is 74.7 Å². The lowest BCUT2D eigenvalue weighted by molar-refractivity contribution is -0.127. The molecule has 0 spiro atoms. The smallest absolute Gasteiger partial charge is 0.244 e. The number of allylic oxidation sites excluding steroid dienone is 3. The SMILES string of the molecule is C/C=C/C(=O)N[C@H](C(=O)C/C=C\C[C@H](C/C=C(\C)Cl)O[Si](C)(C)C(C)(C)C)C(C)(C)C. The molecule has 0 aromatic rings. The van der Waals surface area contributed by atoms with Crippen molar-refractivity contribution >= 4 is 31.6 Å². The van der Waals surface area contributed by atoms with E-state index in [9.17, 15) is 9.59 Å². The zero-order valence-corrected chi connectivity index (χ0v) is 23.0. The van der Waals surface area contributed by atoms with E-state index in [-0.39, 0.29) is 34.7 Å². The molecular formula is C25H44ClNO3Si. The van der Waals surface area contributed by atoms with Gasteiger partial charge in [-0.25, -0.2) is 0 Å². The molecule has 178 valence electrons. The monoisotopic (exact) mass is 469 g/mol. The van der Waals surface area contributed by atoms with Crippen LogP contribution in [0.4, 0.5) is 0 Å². The Kier molecular flexibility index (Phi) is 12.3. The van der Waals surface area contributed by atoms with Gasteiger partial charge in [0.1, 0.15) is 0 Å². The Bertz CT molecular complexity index is 678. The van der Waals surface area contributed by atoms with Gasteiger partial charge in [-0.05, 0) is 56.3 Å². The molecule has 0 fully saturated rings. The quantitative estimate of drug-likeness (QED) is 0.203. The molecule has 0 aliphatic heterocycles. The highest BCUT2D eigenvalue weighted by Crippen LogP contribution is 2.38. The third-order valence-electron chi connectivity index (χ3n) is 5.61. The Labute approximate surface area is 196 Å². The number of Topliss-reactive ketones (excluding diaryl/α,β-unsaturated/α-hetero) is 1. The molecule has 0 aromatic carbocycles. The minimum absolute atomic E-state index is 0.0000312. The van der Waals surface area contributed by atoms with Crippen LogP contribution in [0.2, 0.25) is 18.1 Å². The second-order valence-corrected chi connectivity index (χ2v) is 16.1. The van der Waals surface area contributed by atoms with E-state index in [0.717, 1.165) is 11.5 Å². The van der Waals surface area contributed by atoms with Crippen LogP contribution in [0.15, 0.2) is 35.4 Å². The summed E-state index contributed by atoms with van der Waals surface area (Å²) in [6, 6.07) is -0.540. The molecule has 0 heterocycles. The number of hydrogen-bond acceptors (Lipinski definition) is 3. The van der Waals surface area contributed by atoms with Gasteiger partial charge >= 0.3 is 0 Å². The number of carbonyl (C=O) groups is 2. The van der Waals surface area contributed by atoms with Gasteiger partial charge in [-0.3, -0.25) is 9.59 Å². The Balaban J connectivity index is 5.19. The molecule has 0 aromatic heterocycles. The molecular weight excluding hydrogens is 426 g/mol. The highest BCUT2D eigenvalue weighted by Gasteiger charge is 2.38. The third kappa shape index (κ3) is 11.9. The molecule has 0 rings (SSSR count). The van der Waals surface area contributed by atoms with Gasteiger partial charge in [-0.2, -0.15) is 0 Å². The van der Waals surface area contributed by atoms with E-state index >= 15 is 0 Å². The molecule has 0 saturated carbocycles. The summed E-state index contributed by atoms with van der Waals surface area (Å²) >= 11 is 6.04. The number of halogens is 1. The molecule has 0 saturated heterocycles. The van der Waals surface area contributed by atoms with Crippen molar-refractivity contribution in [2.24, 2.45) is 5.41 Å². The molecule has 0 aliphatic rings. The van der Waals surface area contributed by atoms with E-state index in [1.165, 1.54) is 6.08 Å². The van der Waals surface area contributed by atoms with Crippen LogP contribution in [0.3, 0.4) is 0 Å². The van der Waals surface area contributed by atoms with Crippen molar-refractivity contribution < 1.29 is 14.0 Å². The summed E-state index contributed by atoms with van der Waals surface area (Å²) in [6.45, 7) is 20.7. The molecule has 4 nitrogen and oxygen atoms in total. The fourth-order valence-corrected chi connectivity index (χ4v) is 4.24. The van der Waals surface area contributed by atoms with E-state index in [4.69, 9.17) is 16.0 Å². The minimum Gasteiger partial charge on any atom is -0.413 e. The van der Waals surface area contributed by atoms with Gasteiger partial charge < -0.3 is 9.74 Å². The summed E-state index contributed by atoms with van der Waals surface area (Å²) in [5.41, 5.74) is -0.362. The maximum absolute atomic E-state index is 12.8. The Morgan fingerprint density at radius 1 is 1.06 bits per heavy atom. The molecule has 2 atom stereocenters. The Morgan fingerprint density at radius 3 is 2.10 bits per heavy atom. The summed E-state index contributed by atoms with van der Waals surface area (Å²) in [5, 5.41) is 3.72. The van der Waals surface area contributed by atoms with Gasteiger partial charge in [-0.15, -0.1) is 0 Å². The highest BCUT2D eigenvalue weighted by atomic mass is 35.5. The van der Waals surface area contributed by atoms with Crippen LogP contribution in [0.25, 0.3) is 0 Å². The van der Waals surface area contributed by atoms with Crippen LogP contribution in [-0.4, -0.2) is 32.2 Å². The standard InChI is InChI=1S/C25H44ClNO3Si/c1-11-14-22(29)27-23(24(3,4)5)21(28)16-13-12-15-20(18-17-19(2)26)30-31(9,10)25(6,7)8/h11-14,17,20,23H,15-16,18H2,1-10H3,(H,27,29)/b13-12-,14-11+,19-17+/t20-,23-/m1/s1. The van der Waals surface area contributed by atoms with E-state index in [1.807, 2.05) is 45.9 Å². The van der Waals surface area contributed by atoms with Gasteiger partial charge in [-0.1, -0.05) is 77.4 Å². The van der Waals surface area contributed by atoms with Crippen LogP contribution in [0.5, 0.6) is 0 Å². The van der Waals surface area contributed by atoms with E-state index in [1.54, 1.807) is 13.0 Å². The summed E-state index contributed by atoms with van der Waals surface area (Å²) < 4.78 is 6.58. The molecule has 1 amide bonds. The normalized spacial score (nSPS) is 16.0. The molecule has 0 unspecified atom stereocenters. The largest absolute Gasteiger partial charge is 0.413 e. The second kappa shape index (κ2) is 12.8. The Morgan fingerprint density at radius 2 is 1.65 bits per heavy atom. The van der Waals surface area contributed by atoms with Crippen molar-refractivity contribution in [1.82, 2.24) is 5.32 Å². The zero-order valence-electron chi connectivity index (χ0n) is 21.3. The summed E-state index contributed by atoms with van der Waals surface area (Å²) in [7, 11) is -1.92. The highest BCUT2D eigenvalue weighted by molar-refractivity contribution is 6.74. The predicted octanol–water partition coefficient (Wildman–Crippen LogP) is 6.92. The van der Waals surface area contributed by atoms with Gasteiger partial charge in [0.25, 0.3) is 0 Å². The zero-order chi connectivity index (χ0) is 24.5. The first kappa shape index (κ1) is 29.8. The van der Waals surface area contributed by atoms with Crippen molar-refractivity contribution in [3.05, 3.63) is 35.4 Å². The second-order valence-electron chi connectivity index (χ2n) is 10.7. The van der Waals surface area contributed by atoms with E-state index < -0.39 is 14.4 Å². The number of carbonyl (C=O) groups excluding carboxylic acids is 2. The first-order chi connectivity index (χ1) is 14.0. The average molecular weight is 470 g/mol. The summed E-state index contributed by atoms with van der Waals surface area (Å²) in [4.78, 5) is 24.8. The third-order valence-corrected chi connectivity index (χ3v) is 10.3. The van der Waals surface area contributed by atoms with Crippen molar-refractivity contribution in [1.29, 1.82) is 0 Å². The fraction of sp³-hybridized carbons (Fsp3) is 0.680. The maximum Gasteiger partial charge on any atom is 0.244 e.